The van der Waals surface area contributed by atoms with Gasteiger partial charge in [0.25, 0.3) is 18.2 Å². The lowest BCUT2D eigenvalue weighted by molar-refractivity contribution is -0.143. The van der Waals surface area contributed by atoms with Crippen LogP contribution < -0.4 is 10.6 Å². The van der Waals surface area contributed by atoms with E-state index in [1.807, 2.05) is 6.92 Å². The van der Waals surface area contributed by atoms with Gasteiger partial charge in [0.2, 0.25) is 0 Å². The predicted octanol–water partition coefficient (Wildman–Crippen LogP) is 4.22. The average Bonchev–Trinajstić information content (AvgIpc) is 3.29. The third-order valence-corrected chi connectivity index (χ3v) is 7.06. The second-order valence-electron chi connectivity index (χ2n) is 9.61. The fourth-order valence-corrected chi connectivity index (χ4v) is 4.33. The summed E-state index contributed by atoms with van der Waals surface area (Å²) >= 11 is 5.45. The van der Waals surface area contributed by atoms with Gasteiger partial charge in [-0.15, -0.1) is 0 Å². The molecular weight excluding hydrogens is 545 g/mol. The molecule has 0 aliphatic carbocycles. The first-order valence-electron chi connectivity index (χ1n) is 12.6. The molecule has 2 amide bonds. The van der Waals surface area contributed by atoms with Crippen molar-refractivity contribution in [2.45, 2.75) is 96.8 Å². The molecule has 8 nitrogen and oxygen atoms in total. The first kappa shape index (κ1) is 32.5. The first-order chi connectivity index (χ1) is 18.1. The van der Waals surface area contributed by atoms with Crippen LogP contribution in [0.15, 0.2) is 17.3 Å². The van der Waals surface area contributed by atoms with Crippen LogP contribution in [0.4, 0.5) is 27.8 Å². The summed E-state index contributed by atoms with van der Waals surface area (Å²) in [5.74, 6) is -1.71. The number of nitrogens with one attached hydrogen (secondary N) is 2. The number of anilines is 1. The van der Waals surface area contributed by atoms with Gasteiger partial charge in [-0.1, -0.05) is 19.1 Å². The number of amides is 2. The first-order valence-corrected chi connectivity index (χ1v) is 13.0. The molecule has 39 heavy (non-hydrogen) atoms. The highest BCUT2D eigenvalue weighted by molar-refractivity contribution is 7.81. The van der Waals surface area contributed by atoms with E-state index >= 15 is 0 Å². The van der Waals surface area contributed by atoms with Crippen LogP contribution in [-0.4, -0.2) is 80.4 Å². The average molecular weight is 580 g/mol. The van der Waals surface area contributed by atoms with Gasteiger partial charge in [0, 0.05) is 29.9 Å². The van der Waals surface area contributed by atoms with Crippen molar-refractivity contribution in [2.75, 3.05) is 11.9 Å². The highest BCUT2D eigenvalue weighted by atomic mass is 32.1. The number of alkyl halides is 5. The van der Waals surface area contributed by atoms with Gasteiger partial charge >= 0.3 is 6.18 Å². The Bertz CT molecular complexity index is 1080. The number of aliphatic imine (C=N–C) groups is 1. The number of hydrogen-bond acceptors (Lipinski definition) is 7. The molecule has 218 valence electrons. The Morgan fingerprint density at radius 2 is 1.95 bits per heavy atom. The van der Waals surface area contributed by atoms with Crippen LogP contribution in [0, 0.1) is 0 Å². The van der Waals surface area contributed by atoms with E-state index in [1.165, 1.54) is 25.7 Å². The molecule has 2 heterocycles. The number of carbonyl (C=O) groups is 2. The number of pyridine rings is 1. The van der Waals surface area contributed by atoms with Crippen LogP contribution in [0.5, 0.6) is 0 Å². The van der Waals surface area contributed by atoms with Crippen molar-refractivity contribution in [3.05, 3.63) is 23.4 Å². The number of likely N-dealkylation sites (tertiary alicyclic amines) is 1. The summed E-state index contributed by atoms with van der Waals surface area (Å²) in [6.45, 7) is 7.85. The second kappa shape index (κ2) is 13.6. The van der Waals surface area contributed by atoms with E-state index in [9.17, 15) is 36.6 Å². The lowest BCUT2D eigenvalue weighted by Crippen LogP contribution is -2.46. The number of aliphatic hydroxyl groups excluding tert-OH is 1. The molecule has 0 bridgehead atoms. The van der Waals surface area contributed by atoms with Crippen LogP contribution >= 0.6 is 12.2 Å². The molecule has 0 radical (unpaired) electrons. The van der Waals surface area contributed by atoms with Gasteiger partial charge in [0.1, 0.15) is 11.9 Å². The number of nitrogens with zero attached hydrogens (tertiary/aromatic N) is 3. The summed E-state index contributed by atoms with van der Waals surface area (Å²) in [5.41, 5.74) is -1.22. The molecule has 2 rings (SSSR count). The zero-order valence-electron chi connectivity index (χ0n) is 22.4. The molecule has 0 aromatic carbocycles. The minimum atomic E-state index is -4.63. The molecule has 1 saturated heterocycles. The van der Waals surface area contributed by atoms with Gasteiger partial charge in [0.05, 0.1) is 22.7 Å². The molecule has 1 aromatic heterocycles. The van der Waals surface area contributed by atoms with Crippen LogP contribution in [0.25, 0.3) is 0 Å². The van der Waals surface area contributed by atoms with E-state index in [4.69, 9.17) is 12.2 Å². The Morgan fingerprint density at radius 1 is 1.31 bits per heavy atom. The van der Waals surface area contributed by atoms with Gasteiger partial charge in [-0.2, -0.15) is 13.2 Å². The van der Waals surface area contributed by atoms with Crippen molar-refractivity contribution in [2.24, 2.45) is 4.99 Å². The van der Waals surface area contributed by atoms with E-state index in [0.29, 0.717) is 19.4 Å². The van der Waals surface area contributed by atoms with Crippen molar-refractivity contribution in [1.29, 1.82) is 0 Å². The molecular formula is C25H34F5N5O3S. The smallest absolute Gasteiger partial charge is 0.391 e. The quantitative estimate of drug-likeness (QED) is 0.157. The van der Waals surface area contributed by atoms with Crippen LogP contribution in [0.2, 0.25) is 0 Å². The number of hydrogen-bond donors (Lipinski definition) is 3. The lowest BCUT2D eigenvalue weighted by atomic mass is 10.0. The summed E-state index contributed by atoms with van der Waals surface area (Å²) in [4.78, 5) is 35.4. The van der Waals surface area contributed by atoms with E-state index in [2.05, 4.69) is 20.6 Å². The maximum atomic E-state index is 14.1. The van der Waals surface area contributed by atoms with E-state index in [0.717, 1.165) is 12.3 Å². The highest BCUT2D eigenvalue weighted by Gasteiger charge is 2.39. The van der Waals surface area contributed by atoms with Gasteiger partial charge < -0.3 is 20.6 Å². The third kappa shape index (κ3) is 8.37. The highest BCUT2D eigenvalue weighted by Crippen LogP contribution is 2.30. The fraction of sp³-hybridized carbons (Fsp3) is 0.640. The van der Waals surface area contributed by atoms with E-state index in [-0.39, 0.29) is 28.6 Å². The number of thiocarbonyl (C=S) groups is 1. The number of carbonyl (C=O) groups excluding carboxylic acids is 2. The molecule has 14 heteroatoms. The topological polar surface area (TPSA) is 107 Å². The van der Waals surface area contributed by atoms with Crippen molar-refractivity contribution in [1.82, 2.24) is 15.2 Å². The van der Waals surface area contributed by atoms with Crippen LogP contribution in [-0.2, 0) is 9.59 Å². The maximum absolute atomic E-state index is 14.1. The van der Waals surface area contributed by atoms with Crippen molar-refractivity contribution < 1.29 is 36.6 Å². The Labute approximate surface area is 229 Å². The molecule has 1 fully saturated rings. The Kier molecular flexibility index (Phi) is 11.3. The largest absolute Gasteiger partial charge is 0.408 e. The summed E-state index contributed by atoms with van der Waals surface area (Å²) in [5, 5.41) is 14.3. The maximum Gasteiger partial charge on any atom is 0.408 e. The monoisotopic (exact) mass is 579 g/mol. The van der Waals surface area contributed by atoms with Gasteiger partial charge in [-0.3, -0.25) is 14.6 Å². The van der Waals surface area contributed by atoms with Crippen molar-refractivity contribution in [3.8, 4) is 0 Å². The number of aromatic nitrogens is 1. The number of rotatable bonds is 11. The molecule has 1 aromatic rings. The summed E-state index contributed by atoms with van der Waals surface area (Å²) in [6.07, 6.45) is -6.70. The normalized spacial score (nSPS) is 19.4. The lowest BCUT2D eigenvalue weighted by Gasteiger charge is -2.27. The van der Waals surface area contributed by atoms with E-state index < -0.39 is 60.0 Å². The Morgan fingerprint density at radius 3 is 2.44 bits per heavy atom. The van der Waals surface area contributed by atoms with Crippen LogP contribution in [0.3, 0.4) is 0 Å². The van der Waals surface area contributed by atoms with Gasteiger partial charge in [0.15, 0.2) is 6.04 Å². The third-order valence-electron chi connectivity index (χ3n) is 6.61. The molecule has 0 spiro atoms. The molecule has 1 aliphatic heterocycles. The summed E-state index contributed by atoms with van der Waals surface area (Å²) in [7, 11) is 0. The predicted molar refractivity (Wildman–Crippen MR) is 141 cm³/mol. The Balaban J connectivity index is 2.51. The SMILES string of the molecule is CC[C@H](Nc1cc(C(F)F)c(C(=S)C(N=C(C)C(=O)N[C@@H](C)[C@H](C)O)C(=O)N2CCC[C@@H]2C)cn1)C(F)(F)F. The van der Waals surface area contributed by atoms with E-state index in [1.54, 1.807) is 6.92 Å². The minimum Gasteiger partial charge on any atom is -0.391 e. The summed E-state index contributed by atoms with van der Waals surface area (Å²) < 4.78 is 67.8. The zero-order valence-corrected chi connectivity index (χ0v) is 23.2. The molecule has 5 atom stereocenters. The number of aliphatic hydroxyl groups is 1. The van der Waals surface area contributed by atoms with Crippen molar-refractivity contribution in [3.63, 3.8) is 0 Å². The summed E-state index contributed by atoms with van der Waals surface area (Å²) in [6, 6.07) is -3.58. The number of halogens is 5. The minimum absolute atomic E-state index is 0.171. The Hall–Kier alpha value is -2.74. The molecule has 1 aliphatic rings. The molecule has 3 N–H and O–H groups in total. The molecule has 0 saturated carbocycles. The second-order valence-corrected chi connectivity index (χ2v) is 10.1. The zero-order chi connectivity index (χ0) is 29.7. The standard InChI is InChI=1S/C25H34F5N5O3S/c1-6-18(25(28,29)30)34-19-10-16(22(26)27)17(11-31-19)21(39)20(24(38)35-9-7-8-12(35)2)32-14(4)23(37)33-13(3)15(5)36/h10-13,15,18,20,22,36H,6-9H2,1-5H3,(H,31,34)(H,33,37)/t12-,13-,15-,18-,20?/m0/s1. The van der Waals surface area contributed by atoms with Gasteiger partial charge in [-0.05, 0) is 53.0 Å². The fourth-order valence-electron chi connectivity index (χ4n) is 4.01. The van der Waals surface area contributed by atoms with Crippen molar-refractivity contribution >= 4 is 40.4 Å². The van der Waals surface area contributed by atoms with Gasteiger partial charge in [-0.25, -0.2) is 13.8 Å². The van der Waals surface area contributed by atoms with Crippen LogP contribution in [0.1, 0.15) is 71.4 Å². The molecule has 1 unspecified atom stereocenters.